The summed E-state index contributed by atoms with van der Waals surface area (Å²) in [5, 5.41) is 8.58. The molecule has 0 radical (unpaired) electrons. The molecule has 0 atom stereocenters. The summed E-state index contributed by atoms with van der Waals surface area (Å²) in [6.07, 6.45) is 0.505. The highest BCUT2D eigenvalue weighted by Crippen LogP contribution is 2.20. The number of halogens is 1. The molecule has 0 saturated heterocycles. The quantitative estimate of drug-likeness (QED) is 0.718. The lowest BCUT2D eigenvalue weighted by Gasteiger charge is -2.06. The van der Waals surface area contributed by atoms with E-state index in [4.69, 9.17) is 5.26 Å². The number of nitrogens with zero attached hydrogens (tertiary/aromatic N) is 1. The first-order valence-electron chi connectivity index (χ1n) is 3.77. The first-order chi connectivity index (χ1) is 5.65. The number of aryl methyl sites for hydroxylation is 2. The predicted molar refractivity (Wildman–Crippen MR) is 52.9 cm³/mol. The summed E-state index contributed by atoms with van der Waals surface area (Å²) in [7, 11) is 0. The van der Waals surface area contributed by atoms with Gasteiger partial charge in [0.15, 0.2) is 0 Å². The molecule has 12 heavy (non-hydrogen) atoms. The monoisotopic (exact) mass is 223 g/mol. The normalized spacial score (nSPS) is 9.50. The van der Waals surface area contributed by atoms with Crippen LogP contribution in [0.15, 0.2) is 16.6 Å². The molecule has 0 aliphatic heterocycles. The fourth-order valence-corrected chi connectivity index (χ4v) is 1.99. The van der Waals surface area contributed by atoms with E-state index in [1.807, 2.05) is 26.0 Å². The van der Waals surface area contributed by atoms with Crippen molar-refractivity contribution < 1.29 is 0 Å². The van der Waals surface area contributed by atoms with Crippen molar-refractivity contribution in [3.05, 3.63) is 33.3 Å². The Morgan fingerprint density at radius 3 is 2.25 bits per heavy atom. The van der Waals surface area contributed by atoms with Crippen LogP contribution in [0.3, 0.4) is 0 Å². The van der Waals surface area contributed by atoms with Crippen LogP contribution in [0.4, 0.5) is 0 Å². The van der Waals surface area contributed by atoms with Crippen molar-refractivity contribution in [1.29, 1.82) is 5.26 Å². The minimum Gasteiger partial charge on any atom is -0.198 e. The van der Waals surface area contributed by atoms with E-state index < -0.39 is 0 Å². The third kappa shape index (κ3) is 1.86. The Morgan fingerprint density at radius 1 is 1.33 bits per heavy atom. The summed E-state index contributed by atoms with van der Waals surface area (Å²) in [4.78, 5) is 0. The zero-order valence-corrected chi connectivity index (χ0v) is 8.77. The third-order valence-corrected chi connectivity index (χ3v) is 2.37. The largest absolute Gasteiger partial charge is 0.198 e. The van der Waals surface area contributed by atoms with Crippen LogP contribution < -0.4 is 0 Å². The average molecular weight is 224 g/mol. The number of hydrogen-bond acceptors (Lipinski definition) is 1. The molecule has 0 amide bonds. The van der Waals surface area contributed by atoms with E-state index in [2.05, 4.69) is 22.0 Å². The van der Waals surface area contributed by atoms with E-state index in [1.54, 1.807) is 0 Å². The van der Waals surface area contributed by atoms with Crippen LogP contribution >= 0.6 is 15.9 Å². The summed E-state index contributed by atoms with van der Waals surface area (Å²) in [5.41, 5.74) is 3.52. The Kier molecular flexibility index (Phi) is 2.88. The van der Waals surface area contributed by atoms with Crippen molar-refractivity contribution in [2.45, 2.75) is 20.3 Å². The number of nitriles is 1. The molecular weight excluding hydrogens is 214 g/mol. The molecule has 0 heterocycles. The Hall–Kier alpha value is -0.810. The average Bonchev–Trinajstić information content (AvgIpc) is 1.96. The van der Waals surface area contributed by atoms with Gasteiger partial charge in [-0.25, -0.2) is 0 Å². The number of hydrogen-bond donors (Lipinski definition) is 0. The van der Waals surface area contributed by atoms with Gasteiger partial charge >= 0.3 is 0 Å². The smallest absolute Gasteiger partial charge is 0.0669 e. The van der Waals surface area contributed by atoms with Gasteiger partial charge in [-0.1, -0.05) is 15.9 Å². The summed E-state index contributed by atoms with van der Waals surface area (Å²) in [5.74, 6) is 0. The van der Waals surface area contributed by atoms with Crippen LogP contribution in [0.25, 0.3) is 0 Å². The summed E-state index contributed by atoms with van der Waals surface area (Å²) in [6.45, 7) is 4.06. The molecule has 0 aliphatic rings. The second kappa shape index (κ2) is 3.73. The minimum atomic E-state index is 0.505. The molecule has 1 aromatic carbocycles. The zero-order valence-electron chi connectivity index (χ0n) is 7.19. The van der Waals surface area contributed by atoms with Gasteiger partial charge < -0.3 is 0 Å². The van der Waals surface area contributed by atoms with E-state index in [1.165, 1.54) is 11.1 Å². The number of benzene rings is 1. The molecular formula is C10H10BrN. The van der Waals surface area contributed by atoms with Gasteiger partial charge in [0, 0.05) is 4.47 Å². The molecule has 1 aromatic rings. The molecule has 62 valence electrons. The fraction of sp³-hybridized carbons (Fsp3) is 0.300. The maximum atomic E-state index is 8.58. The molecule has 0 spiro atoms. The molecule has 0 bridgehead atoms. The van der Waals surface area contributed by atoms with E-state index in [0.717, 1.165) is 10.0 Å². The van der Waals surface area contributed by atoms with Gasteiger partial charge in [-0.2, -0.15) is 5.26 Å². The first-order valence-corrected chi connectivity index (χ1v) is 4.57. The van der Waals surface area contributed by atoms with Gasteiger partial charge in [0.2, 0.25) is 0 Å². The van der Waals surface area contributed by atoms with Gasteiger partial charge in [-0.15, -0.1) is 0 Å². The zero-order chi connectivity index (χ0) is 9.14. The third-order valence-electron chi connectivity index (χ3n) is 1.92. The molecule has 1 nitrogen and oxygen atoms in total. The lowest BCUT2D eigenvalue weighted by atomic mass is 10.0. The fourth-order valence-electron chi connectivity index (χ4n) is 1.30. The van der Waals surface area contributed by atoms with E-state index in [0.29, 0.717) is 6.42 Å². The SMILES string of the molecule is Cc1cc(Br)cc(C)c1CC#N. The Morgan fingerprint density at radius 2 is 1.83 bits per heavy atom. The van der Waals surface area contributed by atoms with Crippen LogP contribution in [0.1, 0.15) is 16.7 Å². The Labute approximate surface area is 81.2 Å². The molecule has 0 unspecified atom stereocenters. The Bertz CT molecular complexity index is 313. The van der Waals surface area contributed by atoms with Crippen LogP contribution in [0.5, 0.6) is 0 Å². The molecule has 0 N–H and O–H groups in total. The van der Waals surface area contributed by atoms with Crippen molar-refractivity contribution in [3.8, 4) is 6.07 Å². The van der Waals surface area contributed by atoms with Crippen molar-refractivity contribution in [3.63, 3.8) is 0 Å². The van der Waals surface area contributed by atoms with E-state index in [9.17, 15) is 0 Å². The van der Waals surface area contributed by atoms with E-state index in [-0.39, 0.29) is 0 Å². The van der Waals surface area contributed by atoms with Gasteiger partial charge in [0.25, 0.3) is 0 Å². The molecule has 2 heteroatoms. The van der Waals surface area contributed by atoms with Crippen molar-refractivity contribution in [2.24, 2.45) is 0 Å². The summed E-state index contributed by atoms with van der Waals surface area (Å²) in [6, 6.07) is 6.25. The lowest BCUT2D eigenvalue weighted by molar-refractivity contribution is 1.16. The highest BCUT2D eigenvalue weighted by molar-refractivity contribution is 9.10. The van der Waals surface area contributed by atoms with Crippen LogP contribution in [-0.2, 0) is 6.42 Å². The van der Waals surface area contributed by atoms with Gasteiger partial charge in [-0.05, 0) is 42.7 Å². The van der Waals surface area contributed by atoms with Crippen molar-refractivity contribution >= 4 is 15.9 Å². The second-order valence-electron chi connectivity index (χ2n) is 2.85. The van der Waals surface area contributed by atoms with Gasteiger partial charge in [-0.3, -0.25) is 0 Å². The number of rotatable bonds is 1. The lowest BCUT2D eigenvalue weighted by Crippen LogP contribution is -1.91. The van der Waals surface area contributed by atoms with Crippen molar-refractivity contribution in [2.75, 3.05) is 0 Å². The predicted octanol–water partition coefficient (Wildman–Crippen LogP) is 3.13. The maximum absolute atomic E-state index is 8.58. The molecule has 0 aliphatic carbocycles. The van der Waals surface area contributed by atoms with Crippen molar-refractivity contribution in [1.82, 2.24) is 0 Å². The minimum absolute atomic E-state index is 0.505. The van der Waals surface area contributed by atoms with Crippen LogP contribution in [0.2, 0.25) is 0 Å². The Balaban J connectivity index is 3.21. The second-order valence-corrected chi connectivity index (χ2v) is 3.77. The topological polar surface area (TPSA) is 23.8 Å². The van der Waals surface area contributed by atoms with Gasteiger partial charge in [0.1, 0.15) is 0 Å². The highest BCUT2D eigenvalue weighted by atomic mass is 79.9. The molecule has 0 fully saturated rings. The maximum Gasteiger partial charge on any atom is 0.0669 e. The molecule has 0 aromatic heterocycles. The highest BCUT2D eigenvalue weighted by Gasteiger charge is 2.02. The summed E-state index contributed by atoms with van der Waals surface area (Å²) < 4.78 is 1.08. The first kappa shape index (κ1) is 9.28. The molecule has 0 saturated carbocycles. The van der Waals surface area contributed by atoms with Crippen LogP contribution in [0, 0.1) is 25.2 Å². The standard InChI is InChI=1S/C10H10BrN/c1-7-5-9(11)6-8(2)10(7)3-4-12/h5-6H,3H2,1-2H3. The van der Waals surface area contributed by atoms with Crippen LogP contribution in [-0.4, -0.2) is 0 Å². The summed E-state index contributed by atoms with van der Waals surface area (Å²) >= 11 is 3.42. The molecule has 1 rings (SSSR count). The van der Waals surface area contributed by atoms with E-state index >= 15 is 0 Å². The van der Waals surface area contributed by atoms with Gasteiger partial charge in [0.05, 0.1) is 12.5 Å².